The zero-order chi connectivity index (χ0) is 13.0. The lowest BCUT2D eigenvalue weighted by atomic mass is 10.2. The van der Waals surface area contributed by atoms with Crippen molar-refractivity contribution in [2.45, 2.75) is 18.9 Å². The van der Waals surface area contributed by atoms with Gasteiger partial charge in [0.15, 0.2) is 0 Å². The fourth-order valence-corrected chi connectivity index (χ4v) is 2.39. The van der Waals surface area contributed by atoms with Crippen LogP contribution in [0, 0.1) is 0 Å². The van der Waals surface area contributed by atoms with Crippen LogP contribution in [-0.4, -0.2) is 31.1 Å². The summed E-state index contributed by atoms with van der Waals surface area (Å²) in [6.45, 7) is 1.74. The van der Waals surface area contributed by atoms with Crippen molar-refractivity contribution in [3.8, 4) is 5.75 Å². The largest absolute Gasteiger partial charge is 0.489 e. The van der Waals surface area contributed by atoms with Gasteiger partial charge in [0, 0.05) is 12.1 Å². The van der Waals surface area contributed by atoms with E-state index in [2.05, 4.69) is 24.1 Å². The number of halogens is 2. The van der Waals surface area contributed by atoms with Crippen LogP contribution in [0.1, 0.15) is 12.8 Å². The Morgan fingerprint density at radius 3 is 2.89 bits per heavy atom. The van der Waals surface area contributed by atoms with E-state index in [1.807, 2.05) is 6.07 Å². The highest BCUT2D eigenvalue weighted by Crippen LogP contribution is 2.26. The van der Waals surface area contributed by atoms with Gasteiger partial charge in [0.25, 0.3) is 0 Å². The molecule has 0 unspecified atom stereocenters. The Balaban J connectivity index is 1.81. The maximum atomic E-state index is 5.91. The van der Waals surface area contributed by atoms with Gasteiger partial charge in [-0.05, 0) is 44.6 Å². The quantitative estimate of drug-likeness (QED) is 0.775. The average Bonchev–Trinajstić information content (AvgIpc) is 2.75. The van der Waals surface area contributed by atoms with Crippen LogP contribution >= 0.6 is 23.2 Å². The van der Waals surface area contributed by atoms with E-state index < -0.39 is 0 Å². The molecule has 0 spiro atoms. The minimum absolute atomic E-state index is 0.522. The van der Waals surface area contributed by atoms with Gasteiger partial charge in [0.1, 0.15) is 12.4 Å². The maximum Gasteiger partial charge on any atom is 0.121 e. The molecule has 0 amide bonds. The lowest BCUT2D eigenvalue weighted by Gasteiger charge is -2.14. The van der Waals surface area contributed by atoms with Gasteiger partial charge in [0.2, 0.25) is 0 Å². The Morgan fingerprint density at radius 2 is 2.22 bits per heavy atom. The first-order valence-corrected chi connectivity index (χ1v) is 6.87. The van der Waals surface area contributed by atoms with Gasteiger partial charge in [0.05, 0.1) is 10.0 Å². The van der Waals surface area contributed by atoms with Gasteiger partial charge < -0.3 is 4.74 Å². The molecule has 0 aliphatic carbocycles. The molecule has 1 heterocycles. The number of likely N-dealkylation sites (N-methyl/N-ethyl adjacent to an activating group) is 1. The fraction of sp³-hybridized carbons (Fsp3) is 0.429. The van der Waals surface area contributed by atoms with Crippen LogP contribution in [0.2, 0.25) is 10.0 Å². The van der Waals surface area contributed by atoms with E-state index in [-0.39, 0.29) is 0 Å². The Bertz CT molecular complexity index is 434. The minimum Gasteiger partial charge on any atom is -0.489 e. The molecule has 0 radical (unpaired) electrons. The van der Waals surface area contributed by atoms with Gasteiger partial charge in [-0.3, -0.25) is 4.90 Å². The molecular formula is C14H17Cl2NO. The normalized spacial score (nSPS) is 20.7. The first kappa shape index (κ1) is 13.7. The van der Waals surface area contributed by atoms with Gasteiger partial charge in [-0.25, -0.2) is 0 Å². The van der Waals surface area contributed by atoms with Gasteiger partial charge in [-0.1, -0.05) is 29.3 Å². The number of rotatable bonds is 4. The third-order valence-electron chi connectivity index (χ3n) is 3.17. The smallest absolute Gasteiger partial charge is 0.121 e. The molecule has 4 heteroatoms. The molecule has 0 saturated carbocycles. The Hall–Kier alpha value is -0.700. The predicted molar refractivity (Wildman–Crippen MR) is 76.7 cm³/mol. The first-order chi connectivity index (χ1) is 8.66. The second kappa shape index (κ2) is 6.46. The lowest BCUT2D eigenvalue weighted by Crippen LogP contribution is -2.22. The molecular weight excluding hydrogens is 269 g/mol. The summed E-state index contributed by atoms with van der Waals surface area (Å²) in [7, 11) is 2.15. The number of hydrogen-bond acceptors (Lipinski definition) is 2. The van der Waals surface area contributed by atoms with Crippen molar-refractivity contribution in [2.24, 2.45) is 0 Å². The summed E-state index contributed by atoms with van der Waals surface area (Å²) >= 11 is 11.7. The van der Waals surface area contributed by atoms with Gasteiger partial charge in [-0.15, -0.1) is 0 Å². The molecule has 1 aromatic rings. The number of likely N-dealkylation sites (tertiary alicyclic amines) is 1. The molecule has 2 nitrogen and oxygen atoms in total. The molecule has 98 valence electrons. The molecule has 2 rings (SSSR count). The van der Waals surface area contributed by atoms with Crippen LogP contribution in [0.4, 0.5) is 0 Å². The van der Waals surface area contributed by atoms with Crippen LogP contribution < -0.4 is 4.74 Å². The Morgan fingerprint density at radius 1 is 1.39 bits per heavy atom. The van der Waals surface area contributed by atoms with Crippen molar-refractivity contribution >= 4 is 23.2 Å². The van der Waals surface area contributed by atoms with Gasteiger partial charge >= 0.3 is 0 Å². The molecule has 1 fully saturated rings. The van der Waals surface area contributed by atoms with E-state index in [0.717, 1.165) is 5.75 Å². The first-order valence-electron chi connectivity index (χ1n) is 6.11. The molecule has 0 N–H and O–H groups in total. The summed E-state index contributed by atoms with van der Waals surface area (Å²) in [6, 6.07) is 5.86. The van der Waals surface area contributed by atoms with E-state index >= 15 is 0 Å². The highest BCUT2D eigenvalue weighted by Gasteiger charge is 2.17. The topological polar surface area (TPSA) is 12.5 Å². The lowest BCUT2D eigenvalue weighted by molar-refractivity contribution is 0.346. The third kappa shape index (κ3) is 3.64. The maximum absolute atomic E-state index is 5.91. The van der Waals surface area contributed by atoms with Gasteiger partial charge in [-0.2, -0.15) is 0 Å². The van der Waals surface area contributed by atoms with Crippen LogP contribution in [0.5, 0.6) is 5.75 Å². The minimum atomic E-state index is 0.522. The third-order valence-corrected chi connectivity index (χ3v) is 3.91. The molecule has 1 aromatic carbocycles. The standard InChI is InChI=1S/C14H17Cl2NO/c1-17-8-2-4-11(17)5-3-9-18-12-6-7-13(15)14(16)10-12/h3,5-7,10-11H,2,4,8-9H2,1H3/b5-3+/t11-/m1/s1. The SMILES string of the molecule is CN1CCC[C@@H]1/C=C/COc1ccc(Cl)c(Cl)c1. The fourth-order valence-electron chi connectivity index (χ4n) is 2.10. The van der Waals surface area contributed by atoms with E-state index in [0.29, 0.717) is 22.7 Å². The molecule has 0 bridgehead atoms. The van der Waals surface area contributed by atoms with Crippen molar-refractivity contribution in [1.82, 2.24) is 4.90 Å². The van der Waals surface area contributed by atoms with Crippen molar-refractivity contribution in [3.63, 3.8) is 0 Å². The molecule has 1 atom stereocenters. The highest BCUT2D eigenvalue weighted by atomic mass is 35.5. The highest BCUT2D eigenvalue weighted by molar-refractivity contribution is 6.42. The van der Waals surface area contributed by atoms with Crippen LogP contribution in [-0.2, 0) is 0 Å². The van der Waals surface area contributed by atoms with Crippen molar-refractivity contribution in [2.75, 3.05) is 20.2 Å². The molecule has 1 saturated heterocycles. The molecule has 18 heavy (non-hydrogen) atoms. The van der Waals surface area contributed by atoms with E-state index in [9.17, 15) is 0 Å². The second-order valence-corrected chi connectivity index (χ2v) is 5.32. The van der Waals surface area contributed by atoms with Crippen LogP contribution in [0.3, 0.4) is 0 Å². The summed E-state index contributed by atoms with van der Waals surface area (Å²) in [5, 5.41) is 1.07. The Labute approximate surface area is 118 Å². The van der Waals surface area contributed by atoms with Crippen LogP contribution in [0.25, 0.3) is 0 Å². The zero-order valence-corrected chi connectivity index (χ0v) is 11.9. The number of ether oxygens (including phenoxy) is 1. The molecule has 0 aromatic heterocycles. The molecule has 1 aliphatic heterocycles. The summed E-state index contributed by atoms with van der Waals surface area (Å²) in [5.41, 5.74) is 0. The number of hydrogen-bond donors (Lipinski definition) is 0. The number of benzene rings is 1. The zero-order valence-electron chi connectivity index (χ0n) is 10.4. The number of nitrogens with zero attached hydrogens (tertiary/aromatic N) is 1. The average molecular weight is 286 g/mol. The van der Waals surface area contributed by atoms with Crippen molar-refractivity contribution < 1.29 is 4.74 Å². The van der Waals surface area contributed by atoms with E-state index in [4.69, 9.17) is 27.9 Å². The second-order valence-electron chi connectivity index (χ2n) is 4.51. The van der Waals surface area contributed by atoms with Crippen LogP contribution in [0.15, 0.2) is 30.4 Å². The Kier molecular flexibility index (Phi) is 4.93. The van der Waals surface area contributed by atoms with E-state index in [1.54, 1.807) is 12.1 Å². The summed E-state index contributed by atoms with van der Waals surface area (Å²) in [5.74, 6) is 0.744. The monoisotopic (exact) mass is 285 g/mol. The predicted octanol–water partition coefficient (Wildman–Crippen LogP) is 4.02. The molecule has 1 aliphatic rings. The summed E-state index contributed by atoms with van der Waals surface area (Å²) in [4.78, 5) is 2.36. The summed E-state index contributed by atoms with van der Waals surface area (Å²) < 4.78 is 5.59. The van der Waals surface area contributed by atoms with Crippen molar-refractivity contribution in [3.05, 3.63) is 40.4 Å². The summed E-state index contributed by atoms with van der Waals surface area (Å²) in [6.07, 6.45) is 6.79. The van der Waals surface area contributed by atoms with E-state index in [1.165, 1.54) is 19.4 Å². The van der Waals surface area contributed by atoms with Crippen molar-refractivity contribution in [1.29, 1.82) is 0 Å².